The van der Waals surface area contributed by atoms with E-state index < -0.39 is 0 Å². The number of nitrogens with one attached hydrogen (secondary N) is 1. The van der Waals surface area contributed by atoms with E-state index in [0.29, 0.717) is 30.2 Å². The summed E-state index contributed by atoms with van der Waals surface area (Å²) in [7, 11) is 1.80. The topological polar surface area (TPSA) is 65.4 Å². The Kier molecular flexibility index (Phi) is 4.54. The van der Waals surface area contributed by atoms with E-state index in [1.807, 2.05) is 49.4 Å². The molecule has 1 aliphatic heterocycles. The van der Waals surface area contributed by atoms with Crippen molar-refractivity contribution in [1.82, 2.24) is 9.78 Å². The van der Waals surface area contributed by atoms with Gasteiger partial charge in [0.2, 0.25) is 0 Å². The van der Waals surface area contributed by atoms with Gasteiger partial charge in [-0.1, -0.05) is 18.2 Å². The van der Waals surface area contributed by atoms with E-state index in [1.54, 1.807) is 17.9 Å². The molecular formula is C21H21N3O3. The average molecular weight is 363 g/mol. The van der Waals surface area contributed by atoms with Gasteiger partial charge in [-0.15, -0.1) is 0 Å². The van der Waals surface area contributed by atoms with Crippen LogP contribution in [0.5, 0.6) is 11.5 Å². The van der Waals surface area contributed by atoms with Gasteiger partial charge in [-0.25, -0.2) is 0 Å². The first kappa shape index (κ1) is 17.1. The fourth-order valence-electron chi connectivity index (χ4n) is 3.08. The van der Waals surface area contributed by atoms with Gasteiger partial charge in [-0.05, 0) is 36.8 Å². The number of amides is 1. The fraction of sp³-hybridized carbons (Fsp3) is 0.238. The van der Waals surface area contributed by atoms with Gasteiger partial charge in [0, 0.05) is 30.9 Å². The van der Waals surface area contributed by atoms with Crippen LogP contribution in [0.1, 0.15) is 22.3 Å². The Balaban J connectivity index is 1.68. The molecule has 3 aromatic rings. The number of rotatable bonds is 3. The molecule has 27 heavy (non-hydrogen) atoms. The Hall–Kier alpha value is -3.28. The van der Waals surface area contributed by atoms with Gasteiger partial charge in [-0.3, -0.25) is 9.48 Å². The van der Waals surface area contributed by atoms with Crippen LogP contribution >= 0.6 is 0 Å². The maximum atomic E-state index is 12.9. The molecule has 0 atom stereocenters. The quantitative estimate of drug-likeness (QED) is 0.768. The Bertz CT molecular complexity index is 994. The fourth-order valence-corrected chi connectivity index (χ4v) is 3.08. The Morgan fingerprint density at radius 1 is 1.11 bits per heavy atom. The van der Waals surface area contributed by atoms with Gasteiger partial charge in [-0.2, -0.15) is 5.10 Å². The van der Waals surface area contributed by atoms with Gasteiger partial charge >= 0.3 is 0 Å². The predicted octanol–water partition coefficient (Wildman–Crippen LogP) is 3.81. The molecule has 0 unspecified atom stereocenters. The zero-order valence-corrected chi connectivity index (χ0v) is 15.4. The maximum absolute atomic E-state index is 12.9. The second kappa shape index (κ2) is 7.15. The second-order valence-corrected chi connectivity index (χ2v) is 6.55. The smallest absolute Gasteiger partial charge is 0.259 e. The number of para-hydroxylation sites is 1. The Morgan fingerprint density at radius 3 is 2.70 bits per heavy atom. The highest BCUT2D eigenvalue weighted by atomic mass is 16.5. The third kappa shape index (κ3) is 3.51. The highest BCUT2D eigenvalue weighted by molar-refractivity contribution is 6.08. The van der Waals surface area contributed by atoms with Crippen molar-refractivity contribution in [1.29, 1.82) is 0 Å². The number of aromatic nitrogens is 2. The highest BCUT2D eigenvalue weighted by Crippen LogP contribution is 2.35. The molecule has 138 valence electrons. The van der Waals surface area contributed by atoms with Crippen molar-refractivity contribution in [3.63, 3.8) is 0 Å². The Labute approximate surface area is 157 Å². The molecule has 0 radical (unpaired) electrons. The summed E-state index contributed by atoms with van der Waals surface area (Å²) in [4.78, 5) is 12.9. The normalized spacial score (nSPS) is 13.1. The van der Waals surface area contributed by atoms with Crippen LogP contribution in [0, 0.1) is 6.92 Å². The number of nitrogens with zero attached hydrogens (tertiary/aromatic N) is 2. The standard InChI is InChI=1S/C21H21N3O3/c1-14-6-3-4-7-17(14)22-21(25)16-13-24(2)23-20(16)15-8-9-18-19(12-15)27-11-5-10-26-18/h3-4,6-9,12-13H,5,10-11H2,1-2H3,(H,22,25). The molecule has 1 amide bonds. The Morgan fingerprint density at radius 2 is 1.89 bits per heavy atom. The minimum absolute atomic E-state index is 0.195. The van der Waals surface area contributed by atoms with Crippen LogP contribution in [0.2, 0.25) is 0 Å². The van der Waals surface area contributed by atoms with Crippen LogP contribution in [0.4, 0.5) is 5.69 Å². The van der Waals surface area contributed by atoms with Gasteiger partial charge in [0.25, 0.3) is 5.91 Å². The average Bonchev–Trinajstić information content (AvgIpc) is 2.91. The summed E-state index contributed by atoms with van der Waals surface area (Å²) in [5.41, 5.74) is 3.73. The van der Waals surface area contributed by atoms with E-state index in [0.717, 1.165) is 29.0 Å². The molecule has 0 aliphatic carbocycles. The molecule has 0 bridgehead atoms. The predicted molar refractivity (Wildman–Crippen MR) is 103 cm³/mol. The molecule has 0 saturated heterocycles. The summed E-state index contributed by atoms with van der Waals surface area (Å²) in [5, 5.41) is 7.47. The first-order valence-electron chi connectivity index (χ1n) is 8.92. The van der Waals surface area contributed by atoms with Crippen molar-refractivity contribution in [2.45, 2.75) is 13.3 Å². The van der Waals surface area contributed by atoms with Crippen LogP contribution in [0.15, 0.2) is 48.7 Å². The lowest BCUT2D eigenvalue weighted by Crippen LogP contribution is -2.13. The van der Waals surface area contributed by atoms with Crippen molar-refractivity contribution in [2.75, 3.05) is 18.5 Å². The SMILES string of the molecule is Cc1ccccc1NC(=O)c1cn(C)nc1-c1ccc2c(c1)OCCCO2. The first-order valence-corrected chi connectivity index (χ1v) is 8.92. The lowest BCUT2D eigenvalue weighted by molar-refractivity contribution is 0.102. The monoisotopic (exact) mass is 363 g/mol. The summed E-state index contributed by atoms with van der Waals surface area (Å²) >= 11 is 0. The van der Waals surface area contributed by atoms with E-state index in [-0.39, 0.29) is 5.91 Å². The van der Waals surface area contributed by atoms with E-state index >= 15 is 0 Å². The van der Waals surface area contributed by atoms with E-state index in [2.05, 4.69) is 10.4 Å². The lowest BCUT2D eigenvalue weighted by Gasteiger charge is -2.10. The molecule has 2 heterocycles. The maximum Gasteiger partial charge on any atom is 0.259 e. The number of fused-ring (bicyclic) bond motifs is 1. The number of carbonyl (C=O) groups is 1. The number of hydrogen-bond donors (Lipinski definition) is 1. The lowest BCUT2D eigenvalue weighted by atomic mass is 10.1. The summed E-state index contributed by atoms with van der Waals surface area (Å²) in [6, 6.07) is 13.3. The third-order valence-electron chi connectivity index (χ3n) is 4.49. The minimum atomic E-state index is -0.195. The van der Waals surface area contributed by atoms with Gasteiger partial charge in [0.15, 0.2) is 11.5 Å². The molecule has 4 rings (SSSR count). The molecule has 1 N–H and O–H groups in total. The van der Waals surface area contributed by atoms with Crippen molar-refractivity contribution >= 4 is 11.6 Å². The summed E-state index contributed by atoms with van der Waals surface area (Å²) in [6.45, 7) is 3.21. The van der Waals surface area contributed by atoms with Crippen LogP contribution in [0.25, 0.3) is 11.3 Å². The van der Waals surface area contributed by atoms with Crippen molar-refractivity contribution in [2.24, 2.45) is 7.05 Å². The van der Waals surface area contributed by atoms with Crippen LogP contribution in [-0.4, -0.2) is 28.9 Å². The minimum Gasteiger partial charge on any atom is -0.490 e. The van der Waals surface area contributed by atoms with E-state index in [1.165, 1.54) is 0 Å². The third-order valence-corrected chi connectivity index (χ3v) is 4.49. The van der Waals surface area contributed by atoms with E-state index in [4.69, 9.17) is 9.47 Å². The first-order chi connectivity index (χ1) is 13.1. The molecule has 1 aliphatic rings. The zero-order valence-electron chi connectivity index (χ0n) is 15.4. The molecule has 6 nitrogen and oxygen atoms in total. The number of ether oxygens (including phenoxy) is 2. The molecule has 2 aromatic carbocycles. The zero-order chi connectivity index (χ0) is 18.8. The summed E-state index contributed by atoms with van der Waals surface area (Å²) in [6.07, 6.45) is 2.57. The van der Waals surface area contributed by atoms with Crippen LogP contribution in [-0.2, 0) is 7.05 Å². The molecule has 0 fully saturated rings. The van der Waals surface area contributed by atoms with Crippen molar-refractivity contribution in [3.05, 3.63) is 59.8 Å². The molecule has 0 spiro atoms. The highest BCUT2D eigenvalue weighted by Gasteiger charge is 2.20. The number of hydrogen-bond acceptors (Lipinski definition) is 4. The molecule has 0 saturated carbocycles. The number of benzene rings is 2. The number of carbonyl (C=O) groups excluding carboxylic acids is 1. The van der Waals surface area contributed by atoms with Crippen molar-refractivity contribution in [3.8, 4) is 22.8 Å². The van der Waals surface area contributed by atoms with Gasteiger partial charge < -0.3 is 14.8 Å². The van der Waals surface area contributed by atoms with Gasteiger partial charge in [0.1, 0.15) is 5.69 Å². The van der Waals surface area contributed by atoms with Crippen LogP contribution < -0.4 is 14.8 Å². The molecule has 6 heteroatoms. The summed E-state index contributed by atoms with van der Waals surface area (Å²) in [5.74, 6) is 1.21. The second-order valence-electron chi connectivity index (χ2n) is 6.55. The molecular weight excluding hydrogens is 342 g/mol. The largest absolute Gasteiger partial charge is 0.490 e. The van der Waals surface area contributed by atoms with E-state index in [9.17, 15) is 4.79 Å². The van der Waals surface area contributed by atoms with Crippen LogP contribution in [0.3, 0.4) is 0 Å². The van der Waals surface area contributed by atoms with Crippen molar-refractivity contribution < 1.29 is 14.3 Å². The number of aryl methyl sites for hydroxylation is 2. The number of anilines is 1. The van der Waals surface area contributed by atoms with Gasteiger partial charge in [0.05, 0.1) is 18.8 Å². The molecule has 1 aromatic heterocycles. The summed E-state index contributed by atoms with van der Waals surface area (Å²) < 4.78 is 13.1.